The molecule has 0 spiro atoms. The van der Waals surface area contributed by atoms with Gasteiger partial charge in [-0.25, -0.2) is 0 Å². The van der Waals surface area contributed by atoms with Crippen molar-refractivity contribution >= 4 is 5.91 Å². The van der Waals surface area contributed by atoms with Crippen molar-refractivity contribution in [1.29, 1.82) is 0 Å². The van der Waals surface area contributed by atoms with E-state index < -0.39 is 0 Å². The third-order valence-corrected chi connectivity index (χ3v) is 4.36. The Bertz CT molecular complexity index is 331. The van der Waals surface area contributed by atoms with Crippen LogP contribution in [0.4, 0.5) is 0 Å². The number of hydrogen-bond acceptors (Lipinski definition) is 4. The number of aliphatic hydroxyl groups excluding tert-OH is 1. The Hall–Kier alpha value is -0.650. The lowest BCUT2D eigenvalue weighted by Gasteiger charge is -2.40. The molecule has 116 valence electrons. The Labute approximate surface area is 122 Å². The Morgan fingerprint density at radius 2 is 2.10 bits per heavy atom. The summed E-state index contributed by atoms with van der Waals surface area (Å²) in [6.45, 7) is 8.96. The maximum atomic E-state index is 12.2. The minimum absolute atomic E-state index is 0.244. The minimum atomic E-state index is -0.282. The summed E-state index contributed by atoms with van der Waals surface area (Å²) in [6, 6.07) is 0.403. The first-order valence-electron chi connectivity index (χ1n) is 7.84. The van der Waals surface area contributed by atoms with Crippen LogP contribution in [0.25, 0.3) is 0 Å². The number of piperazine rings is 1. The average molecular weight is 283 g/mol. The maximum Gasteiger partial charge on any atom is 0.236 e. The molecule has 1 saturated carbocycles. The molecular formula is C15H29N3O2. The molecule has 1 saturated heterocycles. The molecule has 0 radical (unpaired) electrons. The molecule has 5 nitrogen and oxygen atoms in total. The molecule has 20 heavy (non-hydrogen) atoms. The smallest absolute Gasteiger partial charge is 0.236 e. The van der Waals surface area contributed by atoms with Gasteiger partial charge in [0.1, 0.15) is 0 Å². The highest BCUT2D eigenvalue weighted by molar-refractivity contribution is 5.78. The van der Waals surface area contributed by atoms with Gasteiger partial charge in [-0.15, -0.1) is 0 Å². The van der Waals surface area contributed by atoms with E-state index in [1.54, 1.807) is 0 Å². The van der Waals surface area contributed by atoms with E-state index in [2.05, 4.69) is 16.7 Å². The van der Waals surface area contributed by atoms with Crippen molar-refractivity contribution in [1.82, 2.24) is 14.7 Å². The maximum absolute atomic E-state index is 12.2. The highest BCUT2D eigenvalue weighted by Crippen LogP contribution is 2.29. The summed E-state index contributed by atoms with van der Waals surface area (Å²) in [4.78, 5) is 18.6. The molecule has 1 aliphatic heterocycles. The number of likely N-dealkylation sites (N-methyl/N-ethyl adjacent to an activating group) is 1. The summed E-state index contributed by atoms with van der Waals surface area (Å²) in [5, 5.41) is 9.48. The van der Waals surface area contributed by atoms with Crippen LogP contribution in [0.1, 0.15) is 26.7 Å². The van der Waals surface area contributed by atoms with Crippen LogP contribution >= 0.6 is 0 Å². The van der Waals surface area contributed by atoms with Crippen molar-refractivity contribution < 1.29 is 9.90 Å². The van der Waals surface area contributed by atoms with Crippen LogP contribution in [-0.4, -0.2) is 84.2 Å². The average Bonchev–Trinajstić information content (AvgIpc) is 3.16. The molecule has 2 rings (SSSR count). The van der Waals surface area contributed by atoms with Gasteiger partial charge in [0.2, 0.25) is 5.91 Å². The van der Waals surface area contributed by atoms with Crippen LogP contribution in [0, 0.1) is 5.92 Å². The van der Waals surface area contributed by atoms with E-state index in [0.717, 1.165) is 38.6 Å². The second-order valence-corrected chi connectivity index (χ2v) is 6.65. The molecule has 1 N–H and O–H groups in total. The van der Waals surface area contributed by atoms with Crippen molar-refractivity contribution in [2.24, 2.45) is 5.92 Å². The van der Waals surface area contributed by atoms with Crippen molar-refractivity contribution in [3.8, 4) is 0 Å². The van der Waals surface area contributed by atoms with Crippen LogP contribution in [0.15, 0.2) is 0 Å². The second kappa shape index (κ2) is 6.87. The monoisotopic (exact) mass is 283 g/mol. The highest BCUT2D eigenvalue weighted by Gasteiger charge is 2.28. The Kier molecular flexibility index (Phi) is 5.41. The van der Waals surface area contributed by atoms with Crippen LogP contribution < -0.4 is 0 Å². The van der Waals surface area contributed by atoms with Crippen LogP contribution in [0.3, 0.4) is 0 Å². The summed E-state index contributed by atoms with van der Waals surface area (Å²) in [6.07, 6.45) is 2.29. The van der Waals surface area contributed by atoms with E-state index in [-0.39, 0.29) is 12.0 Å². The summed E-state index contributed by atoms with van der Waals surface area (Å²) < 4.78 is 0. The highest BCUT2D eigenvalue weighted by atomic mass is 16.3. The number of aliphatic hydroxyl groups is 1. The van der Waals surface area contributed by atoms with E-state index in [1.165, 1.54) is 12.8 Å². The Morgan fingerprint density at radius 1 is 1.40 bits per heavy atom. The number of hydrogen-bond donors (Lipinski definition) is 1. The number of carbonyl (C=O) groups excluding carboxylic acids is 1. The first-order valence-corrected chi connectivity index (χ1v) is 7.84. The van der Waals surface area contributed by atoms with Gasteiger partial charge in [-0.1, -0.05) is 0 Å². The van der Waals surface area contributed by atoms with Crippen LogP contribution in [0.5, 0.6) is 0 Å². The molecule has 1 amide bonds. The predicted octanol–water partition coefficient (Wildman–Crippen LogP) is 0.242. The second-order valence-electron chi connectivity index (χ2n) is 6.65. The van der Waals surface area contributed by atoms with Gasteiger partial charge in [-0.2, -0.15) is 0 Å². The number of rotatable bonds is 6. The fourth-order valence-electron chi connectivity index (χ4n) is 2.93. The van der Waals surface area contributed by atoms with Gasteiger partial charge in [0.05, 0.1) is 12.6 Å². The molecule has 2 aliphatic rings. The Balaban J connectivity index is 1.73. The number of β-amino-alcohol motifs (C(OH)–C–C–N with tert-alkyl or cyclic N) is 1. The molecule has 0 bridgehead atoms. The predicted molar refractivity (Wildman–Crippen MR) is 79.5 cm³/mol. The normalized spacial score (nSPS) is 26.5. The molecule has 2 fully saturated rings. The lowest BCUT2D eigenvalue weighted by Crippen LogP contribution is -2.55. The van der Waals surface area contributed by atoms with Crippen molar-refractivity contribution in [2.45, 2.75) is 38.8 Å². The third kappa shape index (κ3) is 4.72. The van der Waals surface area contributed by atoms with E-state index in [0.29, 0.717) is 12.6 Å². The molecule has 5 heteroatoms. The zero-order valence-electron chi connectivity index (χ0n) is 13.1. The number of amides is 1. The zero-order valence-corrected chi connectivity index (χ0v) is 13.1. The van der Waals surface area contributed by atoms with Gasteiger partial charge in [-0.05, 0) is 32.6 Å². The van der Waals surface area contributed by atoms with Gasteiger partial charge in [0.25, 0.3) is 0 Å². The lowest BCUT2D eigenvalue weighted by atomic mass is 10.1. The standard InChI is InChI=1S/C15H29N3O2/c1-12-8-17(6-7-18(12)9-13(2)19)11-15(20)16(3)10-14-4-5-14/h12-14,19H,4-11H2,1-3H3. The van der Waals surface area contributed by atoms with Gasteiger partial charge in [0.15, 0.2) is 0 Å². The van der Waals surface area contributed by atoms with Gasteiger partial charge in [-0.3, -0.25) is 14.6 Å². The fraction of sp³-hybridized carbons (Fsp3) is 0.933. The lowest BCUT2D eigenvalue weighted by molar-refractivity contribution is -0.132. The molecule has 1 aliphatic carbocycles. The van der Waals surface area contributed by atoms with Crippen molar-refractivity contribution in [2.75, 3.05) is 46.3 Å². The van der Waals surface area contributed by atoms with E-state index >= 15 is 0 Å². The van der Waals surface area contributed by atoms with Crippen LogP contribution in [-0.2, 0) is 4.79 Å². The summed E-state index contributed by atoms with van der Waals surface area (Å²) >= 11 is 0. The number of nitrogens with zero attached hydrogens (tertiary/aromatic N) is 3. The molecule has 1 heterocycles. The number of carbonyl (C=O) groups is 1. The topological polar surface area (TPSA) is 47.0 Å². The van der Waals surface area contributed by atoms with Crippen molar-refractivity contribution in [3.63, 3.8) is 0 Å². The summed E-state index contributed by atoms with van der Waals surface area (Å²) in [7, 11) is 1.92. The van der Waals surface area contributed by atoms with E-state index in [9.17, 15) is 9.90 Å². The van der Waals surface area contributed by atoms with Crippen molar-refractivity contribution in [3.05, 3.63) is 0 Å². The molecular weight excluding hydrogens is 254 g/mol. The third-order valence-electron chi connectivity index (χ3n) is 4.36. The van der Waals surface area contributed by atoms with E-state index in [1.807, 2.05) is 18.9 Å². The molecule has 0 aromatic rings. The first kappa shape index (κ1) is 15.7. The molecule has 2 atom stereocenters. The largest absolute Gasteiger partial charge is 0.392 e. The Morgan fingerprint density at radius 3 is 2.65 bits per heavy atom. The SMILES string of the molecule is CC(O)CN1CCN(CC(=O)N(C)CC2CC2)CC1C. The fourth-order valence-corrected chi connectivity index (χ4v) is 2.93. The summed E-state index contributed by atoms with van der Waals surface area (Å²) in [5.41, 5.74) is 0. The zero-order chi connectivity index (χ0) is 14.7. The van der Waals surface area contributed by atoms with Gasteiger partial charge < -0.3 is 10.0 Å². The van der Waals surface area contributed by atoms with Gasteiger partial charge in [0, 0.05) is 45.8 Å². The molecule has 0 aromatic carbocycles. The molecule has 0 aromatic heterocycles. The quantitative estimate of drug-likeness (QED) is 0.759. The van der Waals surface area contributed by atoms with Crippen LogP contribution in [0.2, 0.25) is 0 Å². The van der Waals surface area contributed by atoms with Gasteiger partial charge >= 0.3 is 0 Å². The minimum Gasteiger partial charge on any atom is -0.392 e. The molecule has 2 unspecified atom stereocenters. The van der Waals surface area contributed by atoms with E-state index in [4.69, 9.17) is 0 Å². The first-order chi connectivity index (χ1) is 9.45. The summed E-state index contributed by atoms with van der Waals surface area (Å²) in [5.74, 6) is 0.999.